The number of fused-ring (bicyclic) bond motifs is 1. The molecule has 0 saturated carbocycles. The average Bonchev–Trinajstić information content (AvgIpc) is 2.62. The molecule has 0 radical (unpaired) electrons. The summed E-state index contributed by atoms with van der Waals surface area (Å²) in [4.78, 5) is 24.8. The smallest absolute Gasteiger partial charge is 0.325 e. The minimum absolute atomic E-state index is 0.0744. The van der Waals surface area contributed by atoms with Gasteiger partial charge in [-0.15, -0.1) is 0 Å². The maximum Gasteiger partial charge on any atom is 0.325 e. The van der Waals surface area contributed by atoms with Crippen LogP contribution in [0, 0.1) is 0 Å². The molecule has 1 amide bonds. The predicted molar refractivity (Wildman–Crippen MR) is 94.8 cm³/mol. The molecule has 0 unspecified atom stereocenters. The van der Waals surface area contributed by atoms with Crippen molar-refractivity contribution >= 4 is 22.6 Å². The summed E-state index contributed by atoms with van der Waals surface area (Å²) in [5.41, 5.74) is 1.31. The van der Waals surface area contributed by atoms with Crippen LogP contribution >= 0.6 is 0 Å². The Morgan fingerprint density at radius 2 is 1.83 bits per heavy atom. The summed E-state index contributed by atoms with van der Waals surface area (Å²) in [7, 11) is 3.30. The Kier molecular flexibility index (Phi) is 6.75. The normalized spacial score (nSPS) is 10.8. The Labute approximate surface area is 142 Å². The number of hydrogen-bond donors (Lipinski definition) is 1. The highest BCUT2D eigenvalue weighted by Crippen LogP contribution is 2.18. The second-order valence-electron chi connectivity index (χ2n) is 5.79. The van der Waals surface area contributed by atoms with Crippen LogP contribution in [0.25, 0.3) is 10.8 Å². The average molecular weight is 328 g/mol. The van der Waals surface area contributed by atoms with E-state index in [4.69, 9.17) is 0 Å². The molecule has 0 spiro atoms. The van der Waals surface area contributed by atoms with Crippen LogP contribution < -0.4 is 5.32 Å². The van der Waals surface area contributed by atoms with Crippen LogP contribution in [0.1, 0.15) is 12.0 Å². The Balaban J connectivity index is 1.77. The Morgan fingerprint density at radius 1 is 1.08 bits per heavy atom. The van der Waals surface area contributed by atoms with Crippen molar-refractivity contribution in [3.8, 4) is 0 Å². The number of amides is 1. The fraction of sp³-hybridized carbons (Fsp3) is 0.368. The second-order valence-corrected chi connectivity index (χ2v) is 5.79. The Hall–Kier alpha value is -2.40. The number of nitrogens with zero attached hydrogens (tertiary/aromatic N) is 1. The monoisotopic (exact) mass is 328 g/mol. The van der Waals surface area contributed by atoms with Crippen molar-refractivity contribution < 1.29 is 14.3 Å². The summed E-state index contributed by atoms with van der Waals surface area (Å²) in [6.45, 7) is 1.45. The first-order valence-electron chi connectivity index (χ1n) is 8.09. The van der Waals surface area contributed by atoms with Crippen LogP contribution in [-0.4, -0.2) is 50.6 Å². The molecule has 0 fully saturated rings. The minimum Gasteiger partial charge on any atom is -0.468 e. The lowest BCUT2D eigenvalue weighted by molar-refractivity contribution is -0.141. The minimum atomic E-state index is -0.437. The van der Waals surface area contributed by atoms with Gasteiger partial charge in [-0.3, -0.25) is 9.59 Å². The number of benzene rings is 2. The molecule has 0 bridgehead atoms. The molecule has 0 aliphatic carbocycles. The van der Waals surface area contributed by atoms with Gasteiger partial charge in [0.25, 0.3) is 0 Å². The third-order valence-electron chi connectivity index (χ3n) is 4.02. The van der Waals surface area contributed by atoms with E-state index in [2.05, 4.69) is 51.4 Å². The first-order chi connectivity index (χ1) is 11.6. The van der Waals surface area contributed by atoms with Crippen LogP contribution in [0.4, 0.5) is 0 Å². The van der Waals surface area contributed by atoms with E-state index in [1.165, 1.54) is 23.4 Å². The molecule has 0 aromatic heterocycles. The number of hydrogen-bond acceptors (Lipinski definition) is 4. The van der Waals surface area contributed by atoms with E-state index in [0.717, 1.165) is 13.0 Å². The first kappa shape index (κ1) is 17.9. The van der Waals surface area contributed by atoms with Gasteiger partial charge in [-0.1, -0.05) is 42.5 Å². The van der Waals surface area contributed by atoms with Crippen molar-refractivity contribution in [1.82, 2.24) is 10.2 Å². The zero-order chi connectivity index (χ0) is 17.4. The summed E-state index contributed by atoms with van der Waals surface area (Å²) in [5, 5.41) is 5.08. The molecule has 2 aromatic rings. The van der Waals surface area contributed by atoms with Gasteiger partial charge in [0.15, 0.2) is 0 Å². The summed E-state index contributed by atoms with van der Waals surface area (Å²) in [6, 6.07) is 14.7. The molecular weight excluding hydrogens is 304 g/mol. The van der Waals surface area contributed by atoms with Crippen molar-refractivity contribution in [3.63, 3.8) is 0 Å². The molecule has 5 nitrogen and oxygen atoms in total. The van der Waals surface area contributed by atoms with Gasteiger partial charge >= 0.3 is 5.97 Å². The van der Waals surface area contributed by atoms with E-state index >= 15 is 0 Å². The maximum atomic E-state index is 11.7. The number of ether oxygens (including phenoxy) is 1. The topological polar surface area (TPSA) is 58.6 Å². The molecule has 2 rings (SSSR count). The number of nitrogens with one attached hydrogen (secondary N) is 1. The van der Waals surface area contributed by atoms with E-state index in [1.807, 2.05) is 13.1 Å². The van der Waals surface area contributed by atoms with E-state index in [9.17, 15) is 9.59 Å². The van der Waals surface area contributed by atoms with Crippen LogP contribution in [0.3, 0.4) is 0 Å². The van der Waals surface area contributed by atoms with Crippen LogP contribution in [0.15, 0.2) is 42.5 Å². The van der Waals surface area contributed by atoms with Crippen molar-refractivity contribution in [2.75, 3.05) is 33.8 Å². The number of carbonyl (C=O) groups is 2. The Morgan fingerprint density at radius 3 is 2.62 bits per heavy atom. The van der Waals surface area contributed by atoms with Gasteiger partial charge in [-0.2, -0.15) is 0 Å². The van der Waals surface area contributed by atoms with E-state index < -0.39 is 5.97 Å². The van der Waals surface area contributed by atoms with E-state index in [-0.39, 0.29) is 12.5 Å². The highest BCUT2D eigenvalue weighted by Gasteiger charge is 2.08. The van der Waals surface area contributed by atoms with Gasteiger partial charge < -0.3 is 15.0 Å². The van der Waals surface area contributed by atoms with Crippen LogP contribution in [0.2, 0.25) is 0 Å². The number of methoxy groups -OCH3 is 1. The lowest BCUT2D eigenvalue weighted by atomic mass is 10.0. The van der Waals surface area contributed by atoms with Crippen molar-refractivity contribution in [3.05, 3.63) is 48.0 Å². The van der Waals surface area contributed by atoms with Gasteiger partial charge in [0.2, 0.25) is 5.91 Å². The predicted octanol–water partition coefficient (Wildman–Crippen LogP) is 1.99. The summed E-state index contributed by atoms with van der Waals surface area (Å²) in [5.74, 6) is -0.579. The number of esters is 1. The molecule has 0 atom stereocenters. The number of likely N-dealkylation sites (N-methyl/N-ethyl adjacent to an activating group) is 1. The lowest BCUT2D eigenvalue weighted by Gasteiger charge is -2.17. The third kappa shape index (κ3) is 5.35. The SMILES string of the molecule is COC(=O)CNC(=O)CCN(C)CCc1cccc2ccccc12. The van der Waals surface area contributed by atoms with Crippen molar-refractivity contribution in [1.29, 1.82) is 0 Å². The molecule has 0 saturated heterocycles. The van der Waals surface area contributed by atoms with E-state index in [0.29, 0.717) is 13.0 Å². The van der Waals surface area contributed by atoms with Gasteiger partial charge in [0, 0.05) is 19.5 Å². The van der Waals surface area contributed by atoms with Crippen LogP contribution in [-0.2, 0) is 20.7 Å². The molecule has 5 heteroatoms. The molecule has 2 aromatic carbocycles. The highest BCUT2D eigenvalue weighted by molar-refractivity contribution is 5.85. The summed E-state index contributed by atoms with van der Waals surface area (Å²) in [6.07, 6.45) is 1.30. The van der Waals surface area contributed by atoms with Gasteiger partial charge in [0.1, 0.15) is 6.54 Å². The molecule has 128 valence electrons. The summed E-state index contributed by atoms with van der Waals surface area (Å²) < 4.78 is 4.48. The molecule has 0 aliphatic heterocycles. The van der Waals surface area contributed by atoms with Gasteiger partial charge in [0.05, 0.1) is 7.11 Å². The van der Waals surface area contributed by atoms with Crippen molar-refractivity contribution in [2.24, 2.45) is 0 Å². The first-order valence-corrected chi connectivity index (χ1v) is 8.09. The maximum absolute atomic E-state index is 11.7. The second kappa shape index (κ2) is 9.03. The third-order valence-corrected chi connectivity index (χ3v) is 4.02. The molecule has 24 heavy (non-hydrogen) atoms. The van der Waals surface area contributed by atoms with E-state index in [1.54, 1.807) is 0 Å². The van der Waals surface area contributed by atoms with Gasteiger partial charge in [-0.25, -0.2) is 0 Å². The zero-order valence-corrected chi connectivity index (χ0v) is 14.2. The van der Waals surface area contributed by atoms with Gasteiger partial charge in [-0.05, 0) is 29.8 Å². The molecule has 0 heterocycles. The fourth-order valence-electron chi connectivity index (χ4n) is 2.56. The molecule has 1 N–H and O–H groups in total. The number of rotatable bonds is 8. The largest absolute Gasteiger partial charge is 0.468 e. The lowest BCUT2D eigenvalue weighted by Crippen LogP contribution is -2.33. The highest BCUT2D eigenvalue weighted by atomic mass is 16.5. The zero-order valence-electron chi connectivity index (χ0n) is 14.2. The standard InChI is InChI=1S/C19H24N2O3/c1-21(13-11-18(22)20-14-19(23)24-2)12-10-16-8-5-7-15-6-3-4-9-17(15)16/h3-9H,10-14H2,1-2H3,(H,20,22). The number of carbonyl (C=O) groups excluding carboxylic acids is 2. The van der Waals surface area contributed by atoms with Crippen molar-refractivity contribution in [2.45, 2.75) is 12.8 Å². The molecule has 0 aliphatic rings. The fourth-order valence-corrected chi connectivity index (χ4v) is 2.56. The summed E-state index contributed by atoms with van der Waals surface area (Å²) >= 11 is 0. The molecular formula is C19H24N2O3. The van der Waals surface area contributed by atoms with Crippen LogP contribution in [0.5, 0.6) is 0 Å². The quantitative estimate of drug-likeness (QED) is 0.753. The Bertz CT molecular complexity index is 695.